The van der Waals surface area contributed by atoms with Crippen LogP contribution in [0, 0.1) is 6.92 Å². The molecule has 4 rings (SSSR count). The van der Waals surface area contributed by atoms with Gasteiger partial charge in [-0.15, -0.1) is 10.2 Å². The van der Waals surface area contributed by atoms with Crippen molar-refractivity contribution in [2.45, 2.75) is 76.2 Å². The molecule has 0 spiro atoms. The number of aromatic nitrogens is 5. The van der Waals surface area contributed by atoms with Crippen LogP contribution in [-0.2, 0) is 18.4 Å². The molecule has 2 aromatic heterocycles. The lowest BCUT2D eigenvalue weighted by Crippen LogP contribution is -2.27. The van der Waals surface area contributed by atoms with E-state index in [4.69, 9.17) is 11.6 Å². The number of amides is 1. The molecule has 212 valence electrons. The summed E-state index contributed by atoms with van der Waals surface area (Å²) in [4.78, 5) is 26.6. The highest BCUT2D eigenvalue weighted by Crippen LogP contribution is 2.29. The van der Waals surface area contributed by atoms with Crippen molar-refractivity contribution in [3.8, 4) is 17.1 Å². The lowest BCUT2D eigenvalue weighted by molar-refractivity contribution is -0.115. The van der Waals surface area contributed by atoms with Crippen LogP contribution >= 0.6 is 23.4 Å². The number of carbonyl (C=O) groups excluding carboxylic acids is 1. The van der Waals surface area contributed by atoms with Gasteiger partial charge < -0.3 is 9.88 Å². The fourth-order valence-electron chi connectivity index (χ4n) is 4.59. The maximum atomic E-state index is 13.3. The van der Waals surface area contributed by atoms with Crippen LogP contribution in [0.3, 0.4) is 0 Å². The molecule has 2 aromatic carbocycles. The number of unbranched alkanes of at least 4 members (excludes halogenated alkanes) is 5. The number of para-hydroxylation sites is 1. The first kappa shape index (κ1) is 29.7. The fraction of sp³-hybridized carbons (Fsp3) is 0.400. The molecule has 0 saturated carbocycles. The summed E-state index contributed by atoms with van der Waals surface area (Å²) in [6, 6.07) is 16.9. The van der Waals surface area contributed by atoms with E-state index >= 15 is 0 Å². The molecule has 0 fully saturated rings. The van der Waals surface area contributed by atoms with Gasteiger partial charge in [0, 0.05) is 24.2 Å². The van der Waals surface area contributed by atoms with Gasteiger partial charge in [0.1, 0.15) is 5.69 Å². The third-order valence-corrected chi connectivity index (χ3v) is 8.34. The van der Waals surface area contributed by atoms with E-state index in [9.17, 15) is 9.59 Å². The van der Waals surface area contributed by atoms with Crippen molar-refractivity contribution >= 4 is 35.0 Å². The van der Waals surface area contributed by atoms with Gasteiger partial charge >= 0.3 is 0 Å². The van der Waals surface area contributed by atoms with E-state index in [0.29, 0.717) is 15.9 Å². The van der Waals surface area contributed by atoms with Gasteiger partial charge in [-0.25, -0.2) is 4.68 Å². The molecular weight excluding hydrogens is 544 g/mol. The number of hydrogen-bond acceptors (Lipinski definition) is 5. The van der Waals surface area contributed by atoms with Crippen LogP contribution in [0.1, 0.15) is 58.1 Å². The zero-order chi connectivity index (χ0) is 28.6. The van der Waals surface area contributed by atoms with Crippen molar-refractivity contribution in [3.63, 3.8) is 0 Å². The van der Waals surface area contributed by atoms with E-state index < -0.39 is 5.25 Å². The second kappa shape index (κ2) is 13.9. The van der Waals surface area contributed by atoms with Crippen LogP contribution < -0.4 is 10.9 Å². The van der Waals surface area contributed by atoms with E-state index in [1.165, 1.54) is 37.4 Å². The molecule has 0 aliphatic rings. The molecule has 1 N–H and O–H groups in total. The zero-order valence-corrected chi connectivity index (χ0v) is 25.1. The number of anilines is 1. The fourth-order valence-corrected chi connectivity index (χ4v) is 5.59. The number of nitrogens with one attached hydrogen (secondary N) is 1. The summed E-state index contributed by atoms with van der Waals surface area (Å²) in [5.41, 5.74) is 2.34. The molecule has 1 unspecified atom stereocenters. The maximum Gasteiger partial charge on any atom is 0.295 e. The average molecular weight is 581 g/mol. The minimum absolute atomic E-state index is 0.266. The lowest BCUT2D eigenvalue weighted by atomic mass is 10.1. The zero-order valence-electron chi connectivity index (χ0n) is 23.6. The molecule has 0 bridgehead atoms. The van der Waals surface area contributed by atoms with Crippen LogP contribution in [0.2, 0.25) is 5.02 Å². The lowest BCUT2D eigenvalue weighted by Gasteiger charge is -2.14. The molecule has 4 aromatic rings. The molecule has 1 amide bonds. The Morgan fingerprint density at radius 3 is 2.38 bits per heavy atom. The Morgan fingerprint density at radius 2 is 1.68 bits per heavy atom. The van der Waals surface area contributed by atoms with Crippen LogP contribution in [0.5, 0.6) is 0 Å². The molecule has 0 aliphatic carbocycles. The summed E-state index contributed by atoms with van der Waals surface area (Å²) in [6.07, 6.45) is 7.04. The SMILES string of the molecule is CCCCCCCCn1c(SC(C)C(=O)Nc2c(C)n(C)n(-c3ccccc3)c2=O)nnc1-c1ccc(Cl)cc1. The van der Waals surface area contributed by atoms with Crippen molar-refractivity contribution in [1.82, 2.24) is 24.1 Å². The second-order valence-corrected chi connectivity index (χ2v) is 11.7. The first-order valence-corrected chi connectivity index (χ1v) is 15.1. The smallest absolute Gasteiger partial charge is 0.295 e. The first-order valence-electron chi connectivity index (χ1n) is 13.8. The van der Waals surface area contributed by atoms with Gasteiger partial charge in [-0.3, -0.25) is 14.3 Å². The summed E-state index contributed by atoms with van der Waals surface area (Å²) in [7, 11) is 1.81. The Morgan fingerprint density at radius 1 is 1.00 bits per heavy atom. The Labute approximate surface area is 244 Å². The van der Waals surface area contributed by atoms with Crippen molar-refractivity contribution in [2.24, 2.45) is 7.05 Å². The predicted octanol–water partition coefficient (Wildman–Crippen LogP) is 6.88. The summed E-state index contributed by atoms with van der Waals surface area (Å²) in [5.74, 6) is 0.489. The Bertz CT molecular complexity index is 1480. The highest BCUT2D eigenvalue weighted by molar-refractivity contribution is 8.00. The summed E-state index contributed by atoms with van der Waals surface area (Å²) < 4.78 is 5.40. The quantitative estimate of drug-likeness (QED) is 0.138. The van der Waals surface area contributed by atoms with E-state index in [1.54, 1.807) is 16.4 Å². The summed E-state index contributed by atoms with van der Waals surface area (Å²) in [6.45, 7) is 6.62. The Hall–Kier alpha value is -3.30. The number of hydrogen-bond donors (Lipinski definition) is 1. The third-order valence-electron chi connectivity index (χ3n) is 7.01. The van der Waals surface area contributed by atoms with Crippen molar-refractivity contribution < 1.29 is 4.79 Å². The molecule has 8 nitrogen and oxygen atoms in total. The summed E-state index contributed by atoms with van der Waals surface area (Å²) >= 11 is 7.45. The van der Waals surface area contributed by atoms with Crippen LogP contribution in [-0.4, -0.2) is 35.3 Å². The number of carbonyl (C=O) groups is 1. The van der Waals surface area contributed by atoms with Gasteiger partial charge in [0.05, 0.1) is 16.6 Å². The minimum atomic E-state index is -0.505. The van der Waals surface area contributed by atoms with Gasteiger partial charge in [-0.05, 0) is 56.7 Å². The molecule has 0 radical (unpaired) electrons. The van der Waals surface area contributed by atoms with Gasteiger partial charge in [0.25, 0.3) is 5.56 Å². The van der Waals surface area contributed by atoms with Crippen molar-refractivity contribution in [1.29, 1.82) is 0 Å². The highest BCUT2D eigenvalue weighted by atomic mass is 35.5. The Kier molecular flexibility index (Phi) is 10.3. The molecule has 1 atom stereocenters. The van der Waals surface area contributed by atoms with E-state index in [0.717, 1.165) is 36.5 Å². The number of rotatable bonds is 13. The highest BCUT2D eigenvalue weighted by Gasteiger charge is 2.24. The molecule has 10 heteroatoms. The number of halogens is 1. The van der Waals surface area contributed by atoms with Crippen molar-refractivity contribution in [2.75, 3.05) is 5.32 Å². The maximum absolute atomic E-state index is 13.3. The van der Waals surface area contributed by atoms with E-state index in [-0.39, 0.29) is 17.2 Å². The summed E-state index contributed by atoms with van der Waals surface area (Å²) in [5, 5.41) is 12.6. The minimum Gasteiger partial charge on any atom is -0.319 e. The third kappa shape index (κ3) is 6.88. The number of benzene rings is 2. The van der Waals surface area contributed by atoms with E-state index in [2.05, 4.69) is 27.0 Å². The van der Waals surface area contributed by atoms with Gasteiger partial charge in [-0.2, -0.15) is 0 Å². The van der Waals surface area contributed by atoms with E-state index in [1.807, 2.05) is 68.4 Å². The Balaban J connectivity index is 1.52. The number of thioether (sulfide) groups is 1. The normalized spacial score (nSPS) is 12.0. The largest absolute Gasteiger partial charge is 0.319 e. The topological polar surface area (TPSA) is 86.7 Å². The first-order chi connectivity index (χ1) is 19.3. The van der Waals surface area contributed by atoms with Gasteiger partial charge in [0.2, 0.25) is 5.91 Å². The number of nitrogens with zero attached hydrogens (tertiary/aromatic N) is 5. The predicted molar refractivity (Wildman–Crippen MR) is 164 cm³/mol. The van der Waals surface area contributed by atoms with Crippen molar-refractivity contribution in [3.05, 3.63) is 75.7 Å². The standard InChI is InChI=1S/C30H37ClN6O2S/c1-5-6-7-8-9-13-20-36-27(23-16-18-24(31)19-17-23)33-34-30(36)40-22(3)28(38)32-26-21(2)35(4)37(29(26)39)25-14-11-10-12-15-25/h10-12,14-19,22H,5-9,13,20H2,1-4H3,(H,32,38). The molecule has 40 heavy (non-hydrogen) atoms. The monoisotopic (exact) mass is 580 g/mol. The average Bonchev–Trinajstić information content (AvgIpc) is 3.44. The molecule has 0 aliphatic heterocycles. The molecule has 2 heterocycles. The van der Waals surface area contributed by atoms with Crippen LogP contribution in [0.15, 0.2) is 64.5 Å². The van der Waals surface area contributed by atoms with Crippen LogP contribution in [0.25, 0.3) is 17.1 Å². The van der Waals surface area contributed by atoms with Crippen LogP contribution in [0.4, 0.5) is 5.69 Å². The molecule has 0 saturated heterocycles. The molecular formula is C30H37ClN6O2S. The van der Waals surface area contributed by atoms with Gasteiger partial charge in [-0.1, -0.05) is 80.6 Å². The second-order valence-electron chi connectivity index (χ2n) is 9.92. The van der Waals surface area contributed by atoms with Gasteiger partial charge in [0.15, 0.2) is 11.0 Å².